The van der Waals surface area contributed by atoms with Crippen molar-refractivity contribution in [3.8, 4) is 0 Å². The lowest BCUT2D eigenvalue weighted by Crippen LogP contribution is -2.24. The van der Waals surface area contributed by atoms with Crippen molar-refractivity contribution in [2.45, 2.75) is 31.2 Å². The minimum absolute atomic E-state index is 0.533. The van der Waals surface area contributed by atoms with Crippen molar-refractivity contribution in [2.24, 2.45) is 0 Å². The summed E-state index contributed by atoms with van der Waals surface area (Å²) in [5, 5.41) is 3.61. The molecule has 1 aromatic rings. The Morgan fingerprint density at radius 1 is 1.41 bits per heavy atom. The van der Waals surface area contributed by atoms with Gasteiger partial charge in [0.25, 0.3) is 0 Å². The van der Waals surface area contributed by atoms with E-state index in [1.165, 1.54) is 22.9 Å². The van der Waals surface area contributed by atoms with Crippen molar-refractivity contribution in [1.82, 2.24) is 5.32 Å². The van der Waals surface area contributed by atoms with E-state index in [-0.39, 0.29) is 0 Å². The molecule has 0 aliphatic heterocycles. The molecule has 1 fully saturated rings. The Kier molecular flexibility index (Phi) is 5.01. The van der Waals surface area contributed by atoms with Crippen molar-refractivity contribution in [2.75, 3.05) is 20.3 Å². The molecule has 17 heavy (non-hydrogen) atoms. The second-order valence-electron chi connectivity index (χ2n) is 4.68. The Bertz CT molecular complexity index is 352. The van der Waals surface area contributed by atoms with Gasteiger partial charge in [-0.1, -0.05) is 34.1 Å². The van der Waals surface area contributed by atoms with Crippen LogP contribution in [0.2, 0.25) is 0 Å². The van der Waals surface area contributed by atoms with Gasteiger partial charge in [-0.05, 0) is 36.8 Å². The van der Waals surface area contributed by atoms with Crippen LogP contribution in [0.3, 0.4) is 0 Å². The first-order chi connectivity index (χ1) is 8.31. The average Bonchev–Trinajstić information content (AvgIpc) is 3.15. The van der Waals surface area contributed by atoms with Crippen molar-refractivity contribution in [3.05, 3.63) is 34.3 Å². The van der Waals surface area contributed by atoms with Crippen LogP contribution in [0.5, 0.6) is 0 Å². The van der Waals surface area contributed by atoms with Gasteiger partial charge >= 0.3 is 0 Å². The average molecular weight is 298 g/mol. The van der Waals surface area contributed by atoms with E-state index in [0.29, 0.717) is 5.92 Å². The molecule has 0 bridgehead atoms. The fourth-order valence-corrected chi connectivity index (χ4v) is 2.64. The molecule has 0 spiro atoms. The van der Waals surface area contributed by atoms with Gasteiger partial charge in [0.15, 0.2) is 0 Å². The first-order valence-electron chi connectivity index (χ1n) is 6.28. The van der Waals surface area contributed by atoms with E-state index >= 15 is 0 Å². The summed E-state index contributed by atoms with van der Waals surface area (Å²) in [6.45, 7) is 1.87. The smallest absolute Gasteiger partial charge is 0.0468 e. The minimum atomic E-state index is 0.533. The molecule has 1 aliphatic carbocycles. The summed E-state index contributed by atoms with van der Waals surface area (Å²) < 4.78 is 6.42. The van der Waals surface area contributed by atoms with Gasteiger partial charge in [-0.2, -0.15) is 0 Å². The lowest BCUT2D eigenvalue weighted by Gasteiger charge is -2.19. The van der Waals surface area contributed by atoms with Gasteiger partial charge in [-0.3, -0.25) is 0 Å². The van der Waals surface area contributed by atoms with Crippen LogP contribution in [0.25, 0.3) is 0 Å². The first kappa shape index (κ1) is 13.1. The number of nitrogens with one attached hydrogen (secondary N) is 1. The number of methoxy groups -OCH3 is 1. The summed E-state index contributed by atoms with van der Waals surface area (Å²) in [6, 6.07) is 9.26. The summed E-state index contributed by atoms with van der Waals surface area (Å²) in [5.74, 6) is 0.533. The van der Waals surface area contributed by atoms with E-state index in [2.05, 4.69) is 45.5 Å². The predicted octanol–water partition coefficient (Wildman–Crippen LogP) is 3.32. The molecule has 1 aliphatic rings. The molecule has 94 valence electrons. The fourth-order valence-electron chi connectivity index (χ4n) is 2.03. The van der Waals surface area contributed by atoms with Crippen LogP contribution in [-0.2, 0) is 4.74 Å². The van der Waals surface area contributed by atoms with Crippen molar-refractivity contribution in [1.29, 1.82) is 0 Å². The number of hydrogen-bond acceptors (Lipinski definition) is 2. The second kappa shape index (κ2) is 6.53. The summed E-state index contributed by atoms with van der Waals surface area (Å²) in [5.41, 5.74) is 1.39. The second-order valence-corrected chi connectivity index (χ2v) is 5.54. The number of rotatable bonds is 7. The monoisotopic (exact) mass is 297 g/mol. The fraction of sp³-hybridized carbons (Fsp3) is 0.571. The van der Waals surface area contributed by atoms with Gasteiger partial charge < -0.3 is 10.1 Å². The quantitative estimate of drug-likeness (QED) is 0.834. The third-order valence-corrected chi connectivity index (χ3v) is 3.97. The Hall–Kier alpha value is -0.380. The highest BCUT2D eigenvalue weighted by Crippen LogP contribution is 2.28. The highest BCUT2D eigenvalue weighted by Gasteiger charge is 2.23. The van der Waals surface area contributed by atoms with Crippen molar-refractivity contribution < 1.29 is 4.74 Å². The van der Waals surface area contributed by atoms with Gasteiger partial charge in [0.1, 0.15) is 0 Å². The van der Waals surface area contributed by atoms with E-state index in [9.17, 15) is 0 Å². The molecule has 1 unspecified atom stereocenters. The van der Waals surface area contributed by atoms with Crippen molar-refractivity contribution in [3.63, 3.8) is 0 Å². The molecular weight excluding hydrogens is 278 g/mol. The predicted molar refractivity (Wildman–Crippen MR) is 74.4 cm³/mol. The largest absolute Gasteiger partial charge is 0.385 e. The van der Waals surface area contributed by atoms with E-state index in [1.54, 1.807) is 7.11 Å². The Labute approximate surface area is 112 Å². The molecule has 3 heteroatoms. The third kappa shape index (κ3) is 4.09. The molecule has 1 aromatic carbocycles. The molecule has 0 radical (unpaired) electrons. The molecule has 1 N–H and O–H groups in total. The van der Waals surface area contributed by atoms with Crippen LogP contribution in [0.4, 0.5) is 0 Å². The maximum absolute atomic E-state index is 5.21. The van der Waals surface area contributed by atoms with Gasteiger partial charge in [0.2, 0.25) is 0 Å². The molecule has 1 atom stereocenters. The van der Waals surface area contributed by atoms with Crippen molar-refractivity contribution >= 4 is 15.9 Å². The molecule has 0 heterocycles. The van der Waals surface area contributed by atoms with Crippen LogP contribution < -0.4 is 5.32 Å². The minimum Gasteiger partial charge on any atom is -0.385 e. The van der Waals surface area contributed by atoms with Crippen LogP contribution in [0.15, 0.2) is 28.7 Å². The highest BCUT2D eigenvalue weighted by molar-refractivity contribution is 9.10. The molecule has 0 saturated heterocycles. The van der Waals surface area contributed by atoms with Gasteiger partial charge in [0, 0.05) is 30.8 Å². The van der Waals surface area contributed by atoms with E-state index in [0.717, 1.165) is 25.6 Å². The van der Waals surface area contributed by atoms with Gasteiger partial charge in [-0.15, -0.1) is 0 Å². The molecule has 0 amide bonds. The lowest BCUT2D eigenvalue weighted by molar-refractivity contribution is 0.187. The van der Waals surface area contributed by atoms with Gasteiger partial charge in [-0.25, -0.2) is 0 Å². The number of hydrogen-bond donors (Lipinski definition) is 1. The van der Waals surface area contributed by atoms with Gasteiger partial charge in [0.05, 0.1) is 0 Å². The van der Waals surface area contributed by atoms with E-state index in [4.69, 9.17) is 4.74 Å². The standard InChI is InChI=1S/C14H20BrNO/c1-17-9-8-11(10-16-12-6-7-12)13-4-2-3-5-14(13)15/h2-5,11-12,16H,6-10H2,1H3. The topological polar surface area (TPSA) is 21.3 Å². The van der Waals surface area contributed by atoms with Crippen LogP contribution in [0.1, 0.15) is 30.7 Å². The lowest BCUT2D eigenvalue weighted by atomic mass is 9.96. The highest BCUT2D eigenvalue weighted by atomic mass is 79.9. The normalized spacial score (nSPS) is 17.1. The summed E-state index contributed by atoms with van der Waals surface area (Å²) >= 11 is 3.64. The molecule has 2 nitrogen and oxygen atoms in total. The summed E-state index contributed by atoms with van der Waals surface area (Å²) in [6.07, 6.45) is 3.75. The van der Waals surface area contributed by atoms with Crippen LogP contribution in [-0.4, -0.2) is 26.3 Å². The number of ether oxygens (including phenoxy) is 1. The Morgan fingerprint density at radius 3 is 2.82 bits per heavy atom. The SMILES string of the molecule is COCCC(CNC1CC1)c1ccccc1Br. The Balaban J connectivity index is 1.99. The molecule has 2 rings (SSSR count). The zero-order valence-electron chi connectivity index (χ0n) is 10.3. The zero-order chi connectivity index (χ0) is 12.1. The first-order valence-corrected chi connectivity index (χ1v) is 7.07. The zero-order valence-corrected chi connectivity index (χ0v) is 11.9. The molecular formula is C14H20BrNO. The summed E-state index contributed by atoms with van der Waals surface area (Å²) in [7, 11) is 1.77. The Morgan fingerprint density at radius 2 is 2.18 bits per heavy atom. The molecule has 0 aromatic heterocycles. The maximum Gasteiger partial charge on any atom is 0.0468 e. The maximum atomic E-state index is 5.21. The van der Waals surface area contributed by atoms with E-state index < -0.39 is 0 Å². The molecule has 1 saturated carbocycles. The van der Waals surface area contributed by atoms with Crippen LogP contribution >= 0.6 is 15.9 Å². The number of benzene rings is 1. The third-order valence-electron chi connectivity index (χ3n) is 3.25. The van der Waals surface area contributed by atoms with E-state index in [1.807, 2.05) is 0 Å². The number of halogens is 1. The van der Waals surface area contributed by atoms with Crippen LogP contribution in [0, 0.1) is 0 Å². The summed E-state index contributed by atoms with van der Waals surface area (Å²) in [4.78, 5) is 0.